The van der Waals surface area contributed by atoms with Crippen LogP contribution in [-0.4, -0.2) is 11.2 Å². The van der Waals surface area contributed by atoms with Crippen LogP contribution in [0.1, 0.15) is 18.4 Å². The third-order valence-electron chi connectivity index (χ3n) is 1.30. The molecule has 1 heterocycles. The minimum atomic E-state index is -0.416. The van der Waals surface area contributed by atoms with E-state index in [0.717, 1.165) is 11.5 Å². The zero-order valence-electron chi connectivity index (χ0n) is 6.74. The Kier molecular flexibility index (Phi) is 2.49. The first-order valence-electron chi connectivity index (χ1n) is 3.61. The maximum absolute atomic E-state index is 8.89. The van der Waals surface area contributed by atoms with Gasteiger partial charge < -0.3 is 9.52 Å². The summed E-state index contributed by atoms with van der Waals surface area (Å²) in [6, 6.07) is 3.76. The van der Waals surface area contributed by atoms with Gasteiger partial charge in [0, 0.05) is 0 Å². The molecule has 0 aromatic carbocycles. The van der Waals surface area contributed by atoms with Gasteiger partial charge in [0.2, 0.25) is 0 Å². The number of rotatable bonds is 2. The van der Waals surface area contributed by atoms with Crippen molar-refractivity contribution in [1.82, 2.24) is 0 Å². The van der Waals surface area contributed by atoms with E-state index in [2.05, 4.69) is 0 Å². The average Bonchev–Trinajstić information content (AvgIpc) is 2.31. The lowest BCUT2D eigenvalue weighted by atomic mass is 10.3. The molecule has 1 aromatic rings. The smallest absolute Gasteiger partial charge is 0.126 e. The minimum absolute atomic E-state index is 0.416. The Balaban J connectivity index is 2.64. The maximum atomic E-state index is 8.89. The molecule has 2 nitrogen and oxygen atoms in total. The molecule has 1 rings (SSSR count). The zero-order valence-corrected chi connectivity index (χ0v) is 6.74. The first-order chi connectivity index (χ1) is 5.18. The molecule has 0 saturated carbocycles. The molecule has 1 aromatic heterocycles. The van der Waals surface area contributed by atoms with Gasteiger partial charge in [0.1, 0.15) is 11.5 Å². The van der Waals surface area contributed by atoms with Crippen molar-refractivity contribution in [3.05, 3.63) is 29.7 Å². The van der Waals surface area contributed by atoms with Gasteiger partial charge in [-0.25, -0.2) is 0 Å². The predicted octanol–water partition coefficient (Wildman–Crippen LogP) is 1.98. The van der Waals surface area contributed by atoms with E-state index in [1.54, 1.807) is 19.1 Å². The van der Waals surface area contributed by atoms with Gasteiger partial charge in [0.25, 0.3) is 0 Å². The summed E-state index contributed by atoms with van der Waals surface area (Å²) in [6.45, 7) is 3.59. The Hall–Kier alpha value is -1.02. The number of aryl methyl sites for hydroxylation is 1. The van der Waals surface area contributed by atoms with Gasteiger partial charge >= 0.3 is 0 Å². The van der Waals surface area contributed by atoms with Crippen LogP contribution < -0.4 is 0 Å². The van der Waals surface area contributed by atoms with Crippen LogP contribution in [0.25, 0.3) is 6.08 Å². The summed E-state index contributed by atoms with van der Waals surface area (Å²) in [6.07, 6.45) is 3.02. The molecule has 0 fully saturated rings. The molecule has 0 spiro atoms. The normalized spacial score (nSPS) is 14.1. The molecule has 0 aliphatic rings. The number of aliphatic hydroxyl groups excluding tert-OH is 1. The monoisotopic (exact) mass is 152 g/mol. The summed E-state index contributed by atoms with van der Waals surface area (Å²) in [5, 5.41) is 8.89. The largest absolute Gasteiger partial charge is 0.462 e. The Morgan fingerprint density at radius 2 is 2.27 bits per heavy atom. The summed E-state index contributed by atoms with van der Waals surface area (Å²) in [5.74, 6) is 1.67. The number of aliphatic hydroxyl groups is 1. The summed E-state index contributed by atoms with van der Waals surface area (Å²) in [5.41, 5.74) is 0. The second-order valence-electron chi connectivity index (χ2n) is 2.55. The molecular formula is C9H12O2. The average molecular weight is 152 g/mol. The molecule has 60 valence electrons. The molecule has 0 aliphatic heterocycles. The Morgan fingerprint density at radius 3 is 2.73 bits per heavy atom. The number of hydrogen-bond donors (Lipinski definition) is 1. The molecule has 0 radical (unpaired) electrons. The quantitative estimate of drug-likeness (QED) is 0.703. The van der Waals surface area contributed by atoms with Crippen LogP contribution >= 0.6 is 0 Å². The van der Waals surface area contributed by atoms with Crippen molar-refractivity contribution in [3.8, 4) is 0 Å². The Bertz CT molecular complexity index is 246. The van der Waals surface area contributed by atoms with Crippen molar-refractivity contribution >= 4 is 6.08 Å². The fourth-order valence-electron chi connectivity index (χ4n) is 0.777. The molecule has 1 unspecified atom stereocenters. The first kappa shape index (κ1) is 8.08. The van der Waals surface area contributed by atoms with Gasteiger partial charge in [0.15, 0.2) is 0 Å². The summed E-state index contributed by atoms with van der Waals surface area (Å²) in [4.78, 5) is 0. The van der Waals surface area contributed by atoms with E-state index in [1.165, 1.54) is 0 Å². The van der Waals surface area contributed by atoms with Crippen molar-refractivity contribution in [2.75, 3.05) is 0 Å². The second-order valence-corrected chi connectivity index (χ2v) is 2.55. The molecule has 0 aliphatic carbocycles. The van der Waals surface area contributed by atoms with E-state index in [-0.39, 0.29) is 0 Å². The van der Waals surface area contributed by atoms with Crippen molar-refractivity contribution in [3.63, 3.8) is 0 Å². The third-order valence-corrected chi connectivity index (χ3v) is 1.30. The lowest BCUT2D eigenvalue weighted by Crippen LogP contribution is -1.90. The molecule has 0 amide bonds. The molecular weight excluding hydrogens is 140 g/mol. The van der Waals surface area contributed by atoms with Gasteiger partial charge in [-0.2, -0.15) is 0 Å². The number of hydrogen-bond acceptors (Lipinski definition) is 2. The van der Waals surface area contributed by atoms with E-state index in [0.29, 0.717) is 0 Å². The van der Waals surface area contributed by atoms with Crippen LogP contribution in [0.2, 0.25) is 0 Å². The summed E-state index contributed by atoms with van der Waals surface area (Å²) in [7, 11) is 0. The molecule has 0 saturated heterocycles. The van der Waals surface area contributed by atoms with E-state index >= 15 is 0 Å². The van der Waals surface area contributed by atoms with Gasteiger partial charge in [-0.1, -0.05) is 6.08 Å². The van der Waals surface area contributed by atoms with Crippen LogP contribution in [-0.2, 0) is 0 Å². The van der Waals surface area contributed by atoms with Gasteiger partial charge in [-0.05, 0) is 32.1 Å². The standard InChI is InChI=1S/C9H12O2/c1-7(10)3-5-9-6-4-8(2)11-9/h3-7,10H,1-2H3/b5-3+. The molecule has 1 atom stereocenters. The lowest BCUT2D eigenvalue weighted by Gasteiger charge is -1.90. The zero-order chi connectivity index (χ0) is 8.27. The lowest BCUT2D eigenvalue weighted by molar-refractivity contribution is 0.245. The van der Waals surface area contributed by atoms with Crippen LogP contribution in [0.5, 0.6) is 0 Å². The fraction of sp³-hybridized carbons (Fsp3) is 0.333. The summed E-state index contributed by atoms with van der Waals surface area (Å²) < 4.78 is 5.24. The van der Waals surface area contributed by atoms with Crippen molar-refractivity contribution < 1.29 is 9.52 Å². The Labute approximate surface area is 66.2 Å². The van der Waals surface area contributed by atoms with Crippen LogP contribution in [0.3, 0.4) is 0 Å². The molecule has 0 bridgehead atoms. The second kappa shape index (κ2) is 3.39. The van der Waals surface area contributed by atoms with Crippen molar-refractivity contribution in [1.29, 1.82) is 0 Å². The van der Waals surface area contributed by atoms with Gasteiger partial charge in [0.05, 0.1) is 6.10 Å². The maximum Gasteiger partial charge on any atom is 0.126 e. The van der Waals surface area contributed by atoms with Gasteiger partial charge in [-0.3, -0.25) is 0 Å². The van der Waals surface area contributed by atoms with E-state index in [9.17, 15) is 0 Å². The van der Waals surface area contributed by atoms with E-state index < -0.39 is 6.10 Å². The fourth-order valence-corrected chi connectivity index (χ4v) is 0.777. The highest BCUT2D eigenvalue weighted by Gasteiger charge is 1.92. The summed E-state index contributed by atoms with van der Waals surface area (Å²) >= 11 is 0. The van der Waals surface area contributed by atoms with Crippen LogP contribution in [0.15, 0.2) is 22.6 Å². The molecule has 11 heavy (non-hydrogen) atoms. The Morgan fingerprint density at radius 1 is 1.55 bits per heavy atom. The molecule has 2 heteroatoms. The SMILES string of the molecule is Cc1ccc(/C=C/C(C)O)o1. The topological polar surface area (TPSA) is 33.4 Å². The van der Waals surface area contributed by atoms with Crippen molar-refractivity contribution in [2.24, 2.45) is 0 Å². The predicted molar refractivity (Wildman–Crippen MR) is 44.2 cm³/mol. The highest BCUT2D eigenvalue weighted by molar-refractivity contribution is 5.43. The van der Waals surface area contributed by atoms with Crippen LogP contribution in [0.4, 0.5) is 0 Å². The highest BCUT2D eigenvalue weighted by atomic mass is 16.3. The third kappa shape index (κ3) is 2.60. The van der Waals surface area contributed by atoms with Crippen LogP contribution in [0, 0.1) is 6.92 Å². The minimum Gasteiger partial charge on any atom is -0.462 e. The van der Waals surface area contributed by atoms with E-state index in [4.69, 9.17) is 9.52 Å². The highest BCUT2D eigenvalue weighted by Crippen LogP contribution is 2.07. The van der Waals surface area contributed by atoms with Gasteiger partial charge in [-0.15, -0.1) is 0 Å². The first-order valence-corrected chi connectivity index (χ1v) is 3.61. The van der Waals surface area contributed by atoms with E-state index in [1.807, 2.05) is 19.1 Å². The van der Waals surface area contributed by atoms with Crippen molar-refractivity contribution in [2.45, 2.75) is 20.0 Å². The molecule has 1 N–H and O–H groups in total. The number of furan rings is 1.